The lowest BCUT2D eigenvalue weighted by Crippen LogP contribution is -2.55. The minimum atomic E-state index is -0.204. The van der Waals surface area contributed by atoms with Crippen molar-refractivity contribution in [1.82, 2.24) is 9.88 Å². The number of hydrogen-bond donors (Lipinski definition) is 0. The summed E-state index contributed by atoms with van der Waals surface area (Å²) in [6.45, 7) is 8.66. The van der Waals surface area contributed by atoms with Gasteiger partial charge in [-0.3, -0.25) is 9.69 Å². The first-order chi connectivity index (χ1) is 9.51. The molecule has 0 N–H and O–H groups in total. The molecule has 5 nitrogen and oxygen atoms in total. The van der Waals surface area contributed by atoms with Gasteiger partial charge in [0.1, 0.15) is 0 Å². The molecule has 0 saturated carbocycles. The Bertz CT molecular complexity index is 451. The van der Waals surface area contributed by atoms with E-state index in [0.717, 1.165) is 23.9 Å². The molecule has 2 atom stereocenters. The Balaban J connectivity index is 2.00. The zero-order chi connectivity index (χ0) is 14.7. The third-order valence-corrected chi connectivity index (χ3v) is 4.75. The van der Waals surface area contributed by atoms with Gasteiger partial charge in [-0.15, -0.1) is 11.3 Å². The van der Waals surface area contributed by atoms with Crippen molar-refractivity contribution in [2.75, 3.05) is 31.6 Å². The third kappa shape index (κ3) is 3.49. The van der Waals surface area contributed by atoms with E-state index in [2.05, 4.69) is 35.7 Å². The highest BCUT2D eigenvalue weighted by atomic mass is 32.1. The van der Waals surface area contributed by atoms with Gasteiger partial charge in [-0.1, -0.05) is 0 Å². The Morgan fingerprint density at radius 2 is 2.10 bits per heavy atom. The van der Waals surface area contributed by atoms with Crippen LogP contribution < -0.4 is 4.90 Å². The average molecular weight is 297 g/mol. The van der Waals surface area contributed by atoms with Crippen LogP contribution in [-0.4, -0.2) is 54.7 Å². The van der Waals surface area contributed by atoms with Crippen molar-refractivity contribution < 1.29 is 9.53 Å². The quantitative estimate of drug-likeness (QED) is 0.793. The number of rotatable bonds is 4. The summed E-state index contributed by atoms with van der Waals surface area (Å²) in [5.41, 5.74) is 0.808. The van der Waals surface area contributed by atoms with Crippen molar-refractivity contribution in [2.45, 2.75) is 39.3 Å². The molecule has 1 aliphatic rings. The van der Waals surface area contributed by atoms with Crippen molar-refractivity contribution in [3.8, 4) is 0 Å². The summed E-state index contributed by atoms with van der Waals surface area (Å²) in [6, 6.07) is 1.02. The highest BCUT2D eigenvalue weighted by Crippen LogP contribution is 2.25. The monoisotopic (exact) mass is 297 g/mol. The summed E-state index contributed by atoms with van der Waals surface area (Å²) in [5, 5.41) is 2.97. The van der Waals surface area contributed by atoms with Crippen molar-refractivity contribution in [1.29, 1.82) is 0 Å². The molecule has 0 radical (unpaired) electrons. The largest absolute Gasteiger partial charge is 0.466 e. The number of likely N-dealkylation sites (N-methyl/N-ethyl adjacent to an activating group) is 1. The molecule has 20 heavy (non-hydrogen) atoms. The fourth-order valence-electron chi connectivity index (χ4n) is 2.44. The molecule has 0 aliphatic carbocycles. The van der Waals surface area contributed by atoms with E-state index in [1.54, 1.807) is 11.3 Å². The lowest BCUT2D eigenvalue weighted by atomic mass is 10.1. The molecule has 1 aliphatic heterocycles. The summed E-state index contributed by atoms with van der Waals surface area (Å²) in [5.74, 6) is -0.204. The van der Waals surface area contributed by atoms with Gasteiger partial charge >= 0.3 is 5.97 Å². The van der Waals surface area contributed by atoms with Gasteiger partial charge in [0, 0.05) is 30.6 Å². The van der Waals surface area contributed by atoms with Crippen LogP contribution in [0.25, 0.3) is 0 Å². The van der Waals surface area contributed by atoms with Crippen LogP contribution in [0.3, 0.4) is 0 Å². The van der Waals surface area contributed by atoms with Crippen LogP contribution in [0.15, 0.2) is 5.38 Å². The third-order valence-electron chi connectivity index (χ3n) is 3.80. The number of ether oxygens (including phenoxy) is 1. The van der Waals surface area contributed by atoms with E-state index < -0.39 is 0 Å². The second kappa shape index (κ2) is 6.54. The number of thiazole rings is 1. The summed E-state index contributed by atoms with van der Waals surface area (Å²) in [4.78, 5) is 20.7. The maximum atomic E-state index is 11.5. The zero-order valence-electron chi connectivity index (χ0n) is 12.6. The van der Waals surface area contributed by atoms with Crippen molar-refractivity contribution in [3.63, 3.8) is 0 Å². The molecular formula is C14H23N3O2S. The van der Waals surface area contributed by atoms with Gasteiger partial charge in [0.05, 0.1) is 18.7 Å². The number of hydrogen-bond acceptors (Lipinski definition) is 6. The molecular weight excluding hydrogens is 274 g/mol. The topological polar surface area (TPSA) is 45.7 Å². The standard InChI is InChI=1S/C14H23N3O2S/c1-5-19-13(18)6-12-9-20-14(15-12)17-7-10(2)16(4)11(3)8-17/h9-11H,5-8H2,1-4H3. The Morgan fingerprint density at radius 1 is 1.45 bits per heavy atom. The van der Waals surface area contributed by atoms with E-state index in [9.17, 15) is 4.79 Å². The van der Waals surface area contributed by atoms with E-state index in [1.807, 2.05) is 12.3 Å². The molecule has 1 aromatic heterocycles. The first-order valence-corrected chi connectivity index (χ1v) is 7.96. The van der Waals surface area contributed by atoms with Crippen LogP contribution in [0, 0.1) is 0 Å². The maximum Gasteiger partial charge on any atom is 0.311 e. The summed E-state index contributed by atoms with van der Waals surface area (Å²) < 4.78 is 4.95. The van der Waals surface area contributed by atoms with Gasteiger partial charge in [0.2, 0.25) is 0 Å². The van der Waals surface area contributed by atoms with Gasteiger partial charge in [-0.2, -0.15) is 0 Å². The van der Waals surface area contributed by atoms with Crippen LogP contribution in [0.1, 0.15) is 26.5 Å². The summed E-state index contributed by atoms with van der Waals surface area (Å²) >= 11 is 1.61. The molecule has 1 fully saturated rings. The number of esters is 1. The van der Waals surface area contributed by atoms with Gasteiger partial charge in [-0.05, 0) is 27.8 Å². The second-order valence-electron chi connectivity index (χ2n) is 5.37. The molecule has 6 heteroatoms. The van der Waals surface area contributed by atoms with Crippen molar-refractivity contribution in [2.24, 2.45) is 0 Å². The van der Waals surface area contributed by atoms with E-state index in [4.69, 9.17) is 4.74 Å². The number of aromatic nitrogens is 1. The fourth-order valence-corrected chi connectivity index (χ4v) is 3.29. The minimum Gasteiger partial charge on any atom is -0.466 e. The van der Waals surface area contributed by atoms with Crippen LogP contribution in [0.4, 0.5) is 5.13 Å². The average Bonchev–Trinajstić information content (AvgIpc) is 2.84. The molecule has 2 heterocycles. The highest BCUT2D eigenvalue weighted by Gasteiger charge is 2.28. The molecule has 0 spiro atoms. The van der Waals surface area contributed by atoms with E-state index in [-0.39, 0.29) is 12.4 Å². The lowest BCUT2D eigenvalue weighted by molar-refractivity contribution is -0.142. The number of nitrogens with zero attached hydrogens (tertiary/aromatic N) is 3. The maximum absolute atomic E-state index is 11.5. The van der Waals surface area contributed by atoms with E-state index in [1.165, 1.54) is 0 Å². The smallest absolute Gasteiger partial charge is 0.311 e. The highest BCUT2D eigenvalue weighted by molar-refractivity contribution is 7.13. The van der Waals surface area contributed by atoms with E-state index in [0.29, 0.717) is 18.7 Å². The number of anilines is 1. The Morgan fingerprint density at radius 3 is 2.70 bits per heavy atom. The van der Waals surface area contributed by atoms with Crippen LogP contribution in [-0.2, 0) is 16.0 Å². The number of piperazine rings is 1. The SMILES string of the molecule is CCOC(=O)Cc1csc(N2CC(C)N(C)C(C)C2)n1. The van der Waals surface area contributed by atoms with Crippen LogP contribution in [0.5, 0.6) is 0 Å². The number of carbonyl (C=O) groups excluding carboxylic acids is 1. The molecule has 1 saturated heterocycles. The van der Waals surface area contributed by atoms with Crippen LogP contribution in [0.2, 0.25) is 0 Å². The normalized spacial score (nSPS) is 23.9. The molecule has 0 amide bonds. The van der Waals surface area contributed by atoms with Gasteiger partial charge in [-0.25, -0.2) is 4.98 Å². The van der Waals surface area contributed by atoms with Gasteiger partial charge in [0.25, 0.3) is 0 Å². The Kier molecular flexibility index (Phi) is 4.99. The first-order valence-electron chi connectivity index (χ1n) is 7.08. The van der Waals surface area contributed by atoms with Crippen molar-refractivity contribution in [3.05, 3.63) is 11.1 Å². The zero-order valence-corrected chi connectivity index (χ0v) is 13.4. The molecule has 1 aromatic rings. The molecule has 2 unspecified atom stereocenters. The summed E-state index contributed by atoms with van der Waals surface area (Å²) in [7, 11) is 2.17. The van der Waals surface area contributed by atoms with Gasteiger partial charge < -0.3 is 9.64 Å². The number of carbonyl (C=O) groups is 1. The minimum absolute atomic E-state index is 0.204. The predicted molar refractivity (Wildman–Crippen MR) is 81.4 cm³/mol. The Labute approximate surface area is 124 Å². The first kappa shape index (κ1) is 15.3. The fraction of sp³-hybridized carbons (Fsp3) is 0.714. The molecule has 0 aromatic carbocycles. The van der Waals surface area contributed by atoms with Gasteiger partial charge in [0.15, 0.2) is 5.13 Å². The van der Waals surface area contributed by atoms with E-state index >= 15 is 0 Å². The predicted octanol–water partition coefficient (Wildman–Crippen LogP) is 1.78. The molecule has 2 rings (SSSR count). The van der Waals surface area contributed by atoms with Crippen molar-refractivity contribution >= 4 is 22.4 Å². The second-order valence-corrected chi connectivity index (χ2v) is 6.21. The Hall–Kier alpha value is -1.14. The molecule has 112 valence electrons. The molecule has 0 bridgehead atoms. The lowest BCUT2D eigenvalue weighted by Gasteiger charge is -2.42. The summed E-state index contributed by atoms with van der Waals surface area (Å²) in [6.07, 6.45) is 0.267. The van der Waals surface area contributed by atoms with Crippen LogP contribution >= 0.6 is 11.3 Å².